The molecule has 19 heavy (non-hydrogen) atoms. The number of halogens is 1. The van der Waals surface area contributed by atoms with Crippen LogP contribution in [0.1, 0.15) is 25.3 Å². The summed E-state index contributed by atoms with van der Waals surface area (Å²) < 4.78 is 17.2. The molecule has 0 amide bonds. The molecule has 106 valence electrons. The van der Waals surface area contributed by atoms with Crippen LogP contribution in [-0.2, 0) is 5.54 Å². The molecule has 4 nitrogen and oxygen atoms in total. The molecule has 1 saturated heterocycles. The van der Waals surface area contributed by atoms with Crippen molar-refractivity contribution in [3.63, 3.8) is 0 Å². The zero-order valence-electron chi connectivity index (χ0n) is 11.8. The third-order valence-electron chi connectivity index (χ3n) is 3.72. The second-order valence-electron chi connectivity index (χ2n) is 4.87. The molecule has 1 aliphatic rings. The Labute approximate surface area is 122 Å². The van der Waals surface area contributed by atoms with Crippen LogP contribution in [0.4, 0.5) is 0 Å². The fourth-order valence-corrected chi connectivity index (χ4v) is 3.70. The SMILES string of the molecule is COc1cc(OC)c(C2(C)CCCN2)c(Br)c1OC. The van der Waals surface area contributed by atoms with Crippen molar-refractivity contribution in [3.05, 3.63) is 16.1 Å². The van der Waals surface area contributed by atoms with Crippen molar-refractivity contribution >= 4 is 15.9 Å². The molecule has 1 aliphatic heterocycles. The summed E-state index contributed by atoms with van der Waals surface area (Å²) in [6.45, 7) is 3.20. The number of hydrogen-bond acceptors (Lipinski definition) is 4. The van der Waals surface area contributed by atoms with Gasteiger partial charge in [-0.25, -0.2) is 0 Å². The van der Waals surface area contributed by atoms with E-state index in [1.807, 2.05) is 6.07 Å². The Balaban J connectivity index is 2.64. The summed E-state index contributed by atoms with van der Waals surface area (Å²) in [5.74, 6) is 2.17. The van der Waals surface area contributed by atoms with Gasteiger partial charge in [-0.3, -0.25) is 0 Å². The minimum Gasteiger partial charge on any atom is -0.496 e. The summed E-state index contributed by atoms with van der Waals surface area (Å²) in [5.41, 5.74) is 0.981. The van der Waals surface area contributed by atoms with Gasteiger partial charge in [0.25, 0.3) is 0 Å². The molecule has 0 aromatic heterocycles. The van der Waals surface area contributed by atoms with Crippen LogP contribution in [0.5, 0.6) is 17.2 Å². The number of ether oxygens (including phenoxy) is 3. The quantitative estimate of drug-likeness (QED) is 0.921. The third-order valence-corrected chi connectivity index (χ3v) is 4.47. The average Bonchev–Trinajstić information content (AvgIpc) is 2.84. The molecule has 1 unspecified atom stereocenters. The summed E-state index contributed by atoms with van der Waals surface area (Å²) in [7, 11) is 4.94. The first kappa shape index (κ1) is 14.5. The monoisotopic (exact) mass is 329 g/mol. The van der Waals surface area contributed by atoms with Gasteiger partial charge < -0.3 is 19.5 Å². The van der Waals surface area contributed by atoms with Crippen LogP contribution >= 0.6 is 15.9 Å². The Morgan fingerprint density at radius 3 is 2.32 bits per heavy atom. The van der Waals surface area contributed by atoms with Crippen molar-refractivity contribution in [3.8, 4) is 17.2 Å². The maximum atomic E-state index is 5.54. The van der Waals surface area contributed by atoms with Crippen LogP contribution in [0.3, 0.4) is 0 Å². The highest BCUT2D eigenvalue weighted by Gasteiger charge is 2.36. The van der Waals surface area contributed by atoms with E-state index in [0.717, 1.165) is 35.2 Å². The van der Waals surface area contributed by atoms with Gasteiger partial charge in [-0.2, -0.15) is 0 Å². The molecule has 1 heterocycles. The van der Waals surface area contributed by atoms with Crippen LogP contribution in [0, 0.1) is 0 Å². The Hall–Kier alpha value is -0.940. The number of benzene rings is 1. The Morgan fingerprint density at radius 1 is 1.16 bits per heavy atom. The highest BCUT2D eigenvalue weighted by Crippen LogP contribution is 2.49. The fraction of sp³-hybridized carbons (Fsp3) is 0.571. The molecule has 1 aromatic rings. The van der Waals surface area contributed by atoms with Gasteiger partial charge in [0, 0.05) is 17.2 Å². The minimum absolute atomic E-state index is 0.107. The Morgan fingerprint density at radius 2 is 1.84 bits per heavy atom. The number of hydrogen-bond donors (Lipinski definition) is 1. The third kappa shape index (κ3) is 2.41. The predicted molar refractivity (Wildman–Crippen MR) is 78.4 cm³/mol. The lowest BCUT2D eigenvalue weighted by Crippen LogP contribution is -2.34. The molecule has 1 N–H and O–H groups in total. The van der Waals surface area contributed by atoms with E-state index in [4.69, 9.17) is 14.2 Å². The van der Waals surface area contributed by atoms with Crippen molar-refractivity contribution < 1.29 is 14.2 Å². The highest BCUT2D eigenvalue weighted by atomic mass is 79.9. The van der Waals surface area contributed by atoms with E-state index < -0.39 is 0 Å². The topological polar surface area (TPSA) is 39.7 Å². The molecule has 1 atom stereocenters. The van der Waals surface area contributed by atoms with Crippen LogP contribution < -0.4 is 19.5 Å². The lowest BCUT2D eigenvalue weighted by molar-refractivity contribution is 0.334. The van der Waals surface area contributed by atoms with Crippen LogP contribution in [0.25, 0.3) is 0 Å². The van der Waals surface area contributed by atoms with Gasteiger partial charge in [0.05, 0.1) is 25.8 Å². The maximum absolute atomic E-state index is 5.54. The van der Waals surface area contributed by atoms with Gasteiger partial charge >= 0.3 is 0 Å². The van der Waals surface area contributed by atoms with Crippen molar-refractivity contribution in [1.29, 1.82) is 0 Å². The molecule has 0 radical (unpaired) electrons. The van der Waals surface area contributed by atoms with Gasteiger partial charge in [-0.1, -0.05) is 0 Å². The van der Waals surface area contributed by atoms with Crippen molar-refractivity contribution in [2.75, 3.05) is 27.9 Å². The molecule has 0 spiro atoms. The summed E-state index contributed by atoms with van der Waals surface area (Å²) in [6, 6.07) is 1.88. The van der Waals surface area contributed by atoms with E-state index in [2.05, 4.69) is 28.2 Å². The Bertz CT molecular complexity index is 470. The fourth-order valence-electron chi connectivity index (χ4n) is 2.71. The summed E-state index contributed by atoms with van der Waals surface area (Å²) in [5, 5.41) is 3.55. The smallest absolute Gasteiger partial charge is 0.175 e. The van der Waals surface area contributed by atoms with Gasteiger partial charge in [0.1, 0.15) is 5.75 Å². The van der Waals surface area contributed by atoms with Crippen LogP contribution in [-0.4, -0.2) is 27.9 Å². The maximum Gasteiger partial charge on any atom is 0.175 e. The van der Waals surface area contributed by atoms with Crippen LogP contribution in [0.15, 0.2) is 10.5 Å². The molecule has 1 aromatic carbocycles. The zero-order valence-corrected chi connectivity index (χ0v) is 13.4. The summed E-state index contributed by atoms with van der Waals surface area (Å²) >= 11 is 3.64. The first-order valence-electron chi connectivity index (χ1n) is 6.31. The van der Waals surface area contributed by atoms with Crippen molar-refractivity contribution in [2.24, 2.45) is 0 Å². The molecule has 0 bridgehead atoms. The number of nitrogens with one attached hydrogen (secondary N) is 1. The minimum atomic E-state index is -0.107. The second kappa shape index (κ2) is 5.59. The second-order valence-corrected chi connectivity index (χ2v) is 5.66. The molecule has 2 rings (SSSR count). The van der Waals surface area contributed by atoms with E-state index in [1.165, 1.54) is 0 Å². The Kier molecular flexibility index (Phi) is 4.26. The lowest BCUT2D eigenvalue weighted by Gasteiger charge is -2.29. The number of rotatable bonds is 4. The molecule has 1 fully saturated rings. The van der Waals surface area contributed by atoms with Gasteiger partial charge in [0.2, 0.25) is 0 Å². The molecule has 0 aliphatic carbocycles. The first-order chi connectivity index (χ1) is 9.07. The van der Waals surface area contributed by atoms with Crippen molar-refractivity contribution in [1.82, 2.24) is 5.32 Å². The summed E-state index contributed by atoms with van der Waals surface area (Å²) in [4.78, 5) is 0. The summed E-state index contributed by atoms with van der Waals surface area (Å²) in [6.07, 6.45) is 2.22. The van der Waals surface area contributed by atoms with Gasteiger partial charge in [-0.15, -0.1) is 0 Å². The normalized spacial score (nSPS) is 22.4. The molecule has 0 saturated carbocycles. The molecular formula is C14H20BrNO3. The first-order valence-corrected chi connectivity index (χ1v) is 7.10. The van der Waals surface area contributed by atoms with Gasteiger partial charge in [-0.05, 0) is 42.2 Å². The van der Waals surface area contributed by atoms with E-state index in [-0.39, 0.29) is 5.54 Å². The average molecular weight is 330 g/mol. The predicted octanol–water partition coefficient (Wildman–Crippen LogP) is 3.07. The van der Waals surface area contributed by atoms with Crippen LogP contribution in [0.2, 0.25) is 0 Å². The number of methoxy groups -OCH3 is 3. The highest BCUT2D eigenvalue weighted by molar-refractivity contribution is 9.10. The van der Waals surface area contributed by atoms with E-state index in [0.29, 0.717) is 11.5 Å². The zero-order chi connectivity index (χ0) is 14.0. The van der Waals surface area contributed by atoms with Crippen molar-refractivity contribution in [2.45, 2.75) is 25.3 Å². The molecular weight excluding hydrogens is 310 g/mol. The van der Waals surface area contributed by atoms with Gasteiger partial charge in [0.15, 0.2) is 11.5 Å². The van der Waals surface area contributed by atoms with E-state index in [9.17, 15) is 0 Å². The largest absolute Gasteiger partial charge is 0.496 e. The van der Waals surface area contributed by atoms with E-state index >= 15 is 0 Å². The van der Waals surface area contributed by atoms with E-state index in [1.54, 1.807) is 21.3 Å². The standard InChI is InChI=1S/C14H20BrNO3/c1-14(6-5-7-16-14)11-9(17-2)8-10(18-3)13(19-4)12(11)15/h8,16H,5-7H2,1-4H3. The molecule has 5 heteroatoms. The lowest BCUT2D eigenvalue weighted by atomic mass is 9.89.